The summed E-state index contributed by atoms with van der Waals surface area (Å²) in [4.78, 5) is 21.5. The molecule has 0 saturated heterocycles. The van der Waals surface area contributed by atoms with E-state index in [2.05, 4.69) is 21.3 Å². The molecule has 0 aliphatic rings. The number of hydrogen-bond donors (Lipinski definition) is 2. The average Bonchev–Trinajstić information content (AvgIpc) is 2.48. The summed E-state index contributed by atoms with van der Waals surface area (Å²) in [6.07, 6.45) is 2.43. The van der Waals surface area contributed by atoms with Gasteiger partial charge in [0.2, 0.25) is 5.95 Å². The van der Waals surface area contributed by atoms with E-state index in [0.29, 0.717) is 11.2 Å². The highest BCUT2D eigenvalue weighted by atomic mass is 16.1. The van der Waals surface area contributed by atoms with Gasteiger partial charge < -0.3 is 10.7 Å². The zero-order valence-corrected chi connectivity index (χ0v) is 6.33. The van der Waals surface area contributed by atoms with Crippen LogP contribution in [0.25, 0.3) is 11.2 Å². The Balaban J connectivity index is 3.05. The maximum Gasteiger partial charge on any atom is 0.280 e. The topological polar surface area (TPSA) is 89.6 Å². The van der Waals surface area contributed by atoms with E-state index in [4.69, 9.17) is 5.73 Å². The van der Waals surface area contributed by atoms with Gasteiger partial charge in [-0.15, -0.1) is 0 Å². The largest absolute Gasteiger partial charge is 0.369 e. The van der Waals surface area contributed by atoms with Gasteiger partial charge in [-0.3, -0.25) is 9.36 Å². The van der Waals surface area contributed by atoms with E-state index in [1.54, 1.807) is 7.05 Å². The summed E-state index contributed by atoms with van der Waals surface area (Å²) in [6, 6.07) is 0. The summed E-state index contributed by atoms with van der Waals surface area (Å²) in [6.45, 7) is 0. The van der Waals surface area contributed by atoms with Gasteiger partial charge in [-0.1, -0.05) is 0 Å². The number of imidazole rings is 1. The number of nitrogens with one attached hydrogen (secondary N) is 1. The Morgan fingerprint density at radius 3 is 3.17 bits per heavy atom. The Morgan fingerprint density at radius 1 is 1.67 bits per heavy atom. The third-order valence-corrected chi connectivity index (χ3v) is 1.65. The predicted molar refractivity (Wildman–Crippen MR) is 42.4 cm³/mol. The molecule has 6 nitrogen and oxygen atoms in total. The second kappa shape index (κ2) is 2.07. The molecule has 12 heavy (non-hydrogen) atoms. The average molecular weight is 164 g/mol. The first-order valence-electron chi connectivity index (χ1n) is 3.28. The molecule has 0 saturated carbocycles. The summed E-state index contributed by atoms with van der Waals surface area (Å²) >= 11 is 0. The molecule has 2 rings (SSSR count). The third kappa shape index (κ3) is 0.714. The van der Waals surface area contributed by atoms with Crippen molar-refractivity contribution in [1.29, 1.82) is 0 Å². The number of nitrogens with two attached hydrogens (primary N) is 1. The van der Waals surface area contributed by atoms with E-state index in [0.717, 1.165) is 0 Å². The van der Waals surface area contributed by atoms with Crippen LogP contribution in [0.1, 0.15) is 0 Å². The monoisotopic (exact) mass is 164 g/mol. The van der Waals surface area contributed by atoms with Crippen LogP contribution in [0.4, 0.5) is 5.95 Å². The van der Waals surface area contributed by atoms with Crippen molar-refractivity contribution in [3.05, 3.63) is 16.7 Å². The number of nitrogens with zero attached hydrogens (tertiary/aromatic N) is 3. The smallest absolute Gasteiger partial charge is 0.280 e. The number of anilines is 1. The molecular weight excluding hydrogens is 158 g/mol. The minimum atomic E-state index is -0.244. The van der Waals surface area contributed by atoms with Gasteiger partial charge in [0.25, 0.3) is 5.56 Å². The molecule has 0 unspecified atom stereocenters. The minimum absolute atomic E-state index is 0.146. The molecule has 61 valence electrons. The molecule has 0 aromatic carbocycles. The SMILES string of the molecule is Cn1c(N)nc2n[c][nH]c2c1=O. The van der Waals surface area contributed by atoms with Gasteiger partial charge in [0.15, 0.2) is 17.5 Å². The standard InChI is InChI=1S/C6H6N5O/c1-11-5(12)3-4(9-2-8-3)10-6(11)7/h1H3,(H2,7,10)(H,8,9). The highest BCUT2D eigenvalue weighted by molar-refractivity contribution is 5.69. The fraction of sp³-hybridized carbons (Fsp3) is 0.167. The molecule has 1 radical (unpaired) electrons. The Bertz CT molecular complexity index is 482. The van der Waals surface area contributed by atoms with E-state index < -0.39 is 0 Å². The lowest BCUT2D eigenvalue weighted by atomic mass is 10.5. The van der Waals surface area contributed by atoms with Crippen LogP contribution in [0, 0.1) is 6.33 Å². The lowest BCUT2D eigenvalue weighted by Gasteiger charge is -1.99. The van der Waals surface area contributed by atoms with E-state index in [1.165, 1.54) is 4.57 Å². The zero-order chi connectivity index (χ0) is 8.72. The van der Waals surface area contributed by atoms with Crippen LogP contribution in [0.3, 0.4) is 0 Å². The molecule has 0 aliphatic carbocycles. The van der Waals surface area contributed by atoms with Crippen molar-refractivity contribution in [3.63, 3.8) is 0 Å². The summed E-state index contributed by atoms with van der Waals surface area (Å²) in [5, 5.41) is 0. The van der Waals surface area contributed by atoms with Crippen molar-refractivity contribution in [2.24, 2.45) is 7.05 Å². The van der Waals surface area contributed by atoms with Crippen LogP contribution >= 0.6 is 0 Å². The van der Waals surface area contributed by atoms with Crippen molar-refractivity contribution >= 4 is 17.1 Å². The molecule has 0 aliphatic heterocycles. The van der Waals surface area contributed by atoms with Crippen LogP contribution in [0.5, 0.6) is 0 Å². The second-order valence-electron chi connectivity index (χ2n) is 2.38. The number of rotatable bonds is 0. The Hall–Kier alpha value is -1.85. The van der Waals surface area contributed by atoms with Crippen molar-refractivity contribution in [2.45, 2.75) is 0 Å². The molecule has 0 atom stereocenters. The van der Waals surface area contributed by atoms with Crippen LogP contribution < -0.4 is 11.3 Å². The Labute approximate surface area is 67.1 Å². The molecule has 0 amide bonds. The fourth-order valence-electron chi connectivity index (χ4n) is 0.934. The molecule has 2 aromatic heterocycles. The van der Waals surface area contributed by atoms with Crippen molar-refractivity contribution in [1.82, 2.24) is 19.5 Å². The number of H-pyrrole nitrogens is 1. The van der Waals surface area contributed by atoms with Crippen molar-refractivity contribution in [2.75, 3.05) is 5.73 Å². The zero-order valence-electron chi connectivity index (χ0n) is 6.33. The maximum atomic E-state index is 11.4. The summed E-state index contributed by atoms with van der Waals surface area (Å²) in [5.41, 5.74) is 5.81. The lowest BCUT2D eigenvalue weighted by Crippen LogP contribution is -2.21. The lowest BCUT2D eigenvalue weighted by molar-refractivity contribution is 0.858. The normalized spacial score (nSPS) is 10.8. The van der Waals surface area contributed by atoms with E-state index in [1.807, 2.05) is 0 Å². The molecule has 6 heteroatoms. The first kappa shape index (κ1) is 6.84. The first-order chi connectivity index (χ1) is 5.70. The van der Waals surface area contributed by atoms with Crippen LogP contribution in [0.15, 0.2) is 4.79 Å². The van der Waals surface area contributed by atoms with Crippen LogP contribution in [-0.4, -0.2) is 19.5 Å². The van der Waals surface area contributed by atoms with Gasteiger partial charge in [-0.05, 0) is 0 Å². The molecule has 0 bridgehead atoms. The van der Waals surface area contributed by atoms with Crippen LogP contribution in [-0.2, 0) is 7.05 Å². The minimum Gasteiger partial charge on any atom is -0.369 e. The first-order valence-corrected chi connectivity index (χ1v) is 3.28. The number of fused-ring (bicyclic) bond motifs is 1. The maximum absolute atomic E-state index is 11.4. The van der Waals surface area contributed by atoms with Crippen molar-refractivity contribution < 1.29 is 0 Å². The van der Waals surface area contributed by atoms with E-state index >= 15 is 0 Å². The highest BCUT2D eigenvalue weighted by Crippen LogP contribution is 2.00. The van der Waals surface area contributed by atoms with Gasteiger partial charge in [-0.25, -0.2) is 4.98 Å². The Kier molecular flexibility index (Phi) is 1.18. The summed E-state index contributed by atoms with van der Waals surface area (Å²) in [5.74, 6) is 0.146. The van der Waals surface area contributed by atoms with Gasteiger partial charge in [0.1, 0.15) is 0 Å². The summed E-state index contributed by atoms with van der Waals surface area (Å²) < 4.78 is 1.24. The van der Waals surface area contributed by atoms with Gasteiger partial charge >= 0.3 is 0 Å². The third-order valence-electron chi connectivity index (χ3n) is 1.65. The highest BCUT2D eigenvalue weighted by Gasteiger charge is 2.06. The number of nitrogen functional groups attached to an aromatic ring is 1. The summed E-state index contributed by atoms with van der Waals surface area (Å²) in [7, 11) is 1.55. The number of aromatic nitrogens is 4. The Morgan fingerprint density at radius 2 is 2.42 bits per heavy atom. The van der Waals surface area contributed by atoms with Gasteiger partial charge in [-0.2, -0.15) is 4.98 Å². The van der Waals surface area contributed by atoms with E-state index in [-0.39, 0.29) is 11.5 Å². The quantitative estimate of drug-likeness (QED) is 0.524. The molecule has 2 heterocycles. The molecule has 2 aromatic rings. The van der Waals surface area contributed by atoms with Crippen LogP contribution in [0.2, 0.25) is 0 Å². The predicted octanol–water partition coefficient (Wildman–Crippen LogP) is -0.961. The van der Waals surface area contributed by atoms with Gasteiger partial charge in [0.05, 0.1) is 0 Å². The molecule has 0 spiro atoms. The molecule has 3 N–H and O–H groups in total. The fourth-order valence-corrected chi connectivity index (χ4v) is 0.934. The molecule has 0 fully saturated rings. The number of aromatic amines is 1. The van der Waals surface area contributed by atoms with Crippen molar-refractivity contribution in [3.8, 4) is 0 Å². The number of hydrogen-bond acceptors (Lipinski definition) is 4. The molecular formula is C6H6N5O. The van der Waals surface area contributed by atoms with Gasteiger partial charge in [0, 0.05) is 7.05 Å². The van der Waals surface area contributed by atoms with E-state index in [9.17, 15) is 4.79 Å². The second-order valence-corrected chi connectivity index (χ2v) is 2.38.